The molecule has 0 radical (unpaired) electrons. The van der Waals surface area contributed by atoms with Crippen LogP contribution in [0.2, 0.25) is 0 Å². The van der Waals surface area contributed by atoms with Crippen molar-refractivity contribution < 1.29 is 14.4 Å². The molecular formula is C17H26NO2+. The number of aryl methyl sites for hydroxylation is 1. The number of carbonyl (C=O) groups is 1. The number of nitrogens with one attached hydrogen (secondary N) is 1. The van der Waals surface area contributed by atoms with Crippen LogP contribution in [0.15, 0.2) is 30.3 Å². The maximum Gasteiger partial charge on any atom is 0.314 e. The summed E-state index contributed by atoms with van der Waals surface area (Å²) in [6.45, 7) is 5.69. The normalized spacial score (nSPS) is 22.4. The molecule has 110 valence electrons. The average molecular weight is 276 g/mol. The van der Waals surface area contributed by atoms with Crippen LogP contribution in [0.25, 0.3) is 0 Å². The number of hydrogen-bond acceptors (Lipinski definition) is 2. The molecule has 2 rings (SSSR count). The molecule has 0 aliphatic carbocycles. The minimum Gasteiger partial charge on any atom is -0.466 e. The van der Waals surface area contributed by atoms with E-state index in [1.807, 2.05) is 6.92 Å². The molecule has 1 aromatic rings. The van der Waals surface area contributed by atoms with Crippen LogP contribution in [0.3, 0.4) is 0 Å². The number of quaternary nitrogens is 1. The Morgan fingerprint density at radius 2 is 2.15 bits per heavy atom. The molecular weight excluding hydrogens is 250 g/mol. The Morgan fingerprint density at radius 1 is 1.35 bits per heavy atom. The molecule has 2 unspecified atom stereocenters. The van der Waals surface area contributed by atoms with Gasteiger partial charge in [0.25, 0.3) is 0 Å². The van der Waals surface area contributed by atoms with Crippen LogP contribution < -0.4 is 4.90 Å². The molecule has 1 saturated heterocycles. The highest BCUT2D eigenvalue weighted by molar-refractivity contribution is 5.72. The second kappa shape index (κ2) is 8.05. The van der Waals surface area contributed by atoms with Crippen molar-refractivity contribution in [2.24, 2.45) is 5.92 Å². The summed E-state index contributed by atoms with van der Waals surface area (Å²) in [6.07, 6.45) is 4.47. The van der Waals surface area contributed by atoms with Crippen molar-refractivity contribution in [1.29, 1.82) is 0 Å². The van der Waals surface area contributed by atoms with E-state index in [0.29, 0.717) is 6.61 Å². The van der Waals surface area contributed by atoms with E-state index >= 15 is 0 Å². The third-order valence-electron chi connectivity index (χ3n) is 4.08. The molecule has 20 heavy (non-hydrogen) atoms. The van der Waals surface area contributed by atoms with Crippen LogP contribution in [0.4, 0.5) is 0 Å². The molecule has 1 aliphatic rings. The largest absolute Gasteiger partial charge is 0.466 e. The van der Waals surface area contributed by atoms with Gasteiger partial charge in [0.1, 0.15) is 5.92 Å². The monoisotopic (exact) mass is 276 g/mol. The Hall–Kier alpha value is -1.35. The topological polar surface area (TPSA) is 30.7 Å². The van der Waals surface area contributed by atoms with Gasteiger partial charge < -0.3 is 9.64 Å². The Kier molecular flexibility index (Phi) is 6.06. The van der Waals surface area contributed by atoms with Gasteiger partial charge in [-0.1, -0.05) is 30.3 Å². The Morgan fingerprint density at radius 3 is 2.90 bits per heavy atom. The first-order valence-electron chi connectivity index (χ1n) is 7.83. The summed E-state index contributed by atoms with van der Waals surface area (Å²) in [6, 6.07) is 10.6. The molecule has 1 aliphatic heterocycles. The number of carbonyl (C=O) groups excluding carboxylic acids is 1. The molecule has 0 amide bonds. The van der Waals surface area contributed by atoms with Crippen molar-refractivity contribution >= 4 is 5.97 Å². The first-order valence-corrected chi connectivity index (χ1v) is 7.83. The smallest absolute Gasteiger partial charge is 0.314 e. The van der Waals surface area contributed by atoms with Gasteiger partial charge in [-0.2, -0.15) is 0 Å². The highest BCUT2D eigenvalue weighted by atomic mass is 16.5. The first kappa shape index (κ1) is 15.0. The average Bonchev–Trinajstić information content (AvgIpc) is 2.49. The Balaban J connectivity index is 1.71. The predicted octanol–water partition coefficient (Wildman–Crippen LogP) is 1.48. The van der Waals surface area contributed by atoms with Gasteiger partial charge in [0.15, 0.2) is 0 Å². The van der Waals surface area contributed by atoms with Crippen LogP contribution in [-0.4, -0.2) is 32.2 Å². The fourth-order valence-electron chi connectivity index (χ4n) is 3.03. The fourth-order valence-corrected chi connectivity index (χ4v) is 3.03. The first-order chi connectivity index (χ1) is 9.79. The Bertz CT molecular complexity index is 405. The second-order valence-electron chi connectivity index (χ2n) is 5.63. The van der Waals surface area contributed by atoms with Crippen LogP contribution in [0.5, 0.6) is 0 Å². The molecule has 1 fully saturated rings. The predicted molar refractivity (Wildman–Crippen MR) is 79.7 cm³/mol. The lowest BCUT2D eigenvalue weighted by atomic mass is 9.98. The lowest BCUT2D eigenvalue weighted by Crippen LogP contribution is -3.13. The van der Waals surface area contributed by atoms with Crippen molar-refractivity contribution in [3.05, 3.63) is 35.9 Å². The number of ether oxygens (including phenoxy) is 1. The lowest BCUT2D eigenvalue weighted by molar-refractivity contribution is -0.907. The molecule has 3 heteroatoms. The van der Waals surface area contributed by atoms with Crippen molar-refractivity contribution in [2.45, 2.75) is 32.6 Å². The van der Waals surface area contributed by atoms with Crippen molar-refractivity contribution in [2.75, 3.05) is 26.2 Å². The summed E-state index contributed by atoms with van der Waals surface area (Å²) >= 11 is 0. The number of piperidine rings is 1. The Labute approximate surface area is 121 Å². The van der Waals surface area contributed by atoms with Gasteiger partial charge in [-0.15, -0.1) is 0 Å². The van der Waals surface area contributed by atoms with Gasteiger partial charge >= 0.3 is 5.97 Å². The zero-order chi connectivity index (χ0) is 14.2. The fraction of sp³-hybridized carbons (Fsp3) is 0.588. The van der Waals surface area contributed by atoms with Gasteiger partial charge in [-0.3, -0.25) is 4.79 Å². The standard InChI is InChI=1S/C17H25NO2/c1-2-20-17(19)16-11-7-13-18(14-16)12-6-10-15-8-4-3-5-9-15/h3-5,8-9,16H,2,6-7,10-14H2,1H3/p+1. The van der Waals surface area contributed by atoms with E-state index in [-0.39, 0.29) is 11.9 Å². The van der Waals surface area contributed by atoms with E-state index in [1.54, 1.807) is 4.90 Å². The van der Waals surface area contributed by atoms with E-state index in [2.05, 4.69) is 30.3 Å². The lowest BCUT2D eigenvalue weighted by Gasteiger charge is -2.28. The number of rotatable bonds is 6. The highest BCUT2D eigenvalue weighted by Gasteiger charge is 2.29. The van der Waals surface area contributed by atoms with Gasteiger partial charge in [0.2, 0.25) is 0 Å². The van der Waals surface area contributed by atoms with Crippen LogP contribution in [-0.2, 0) is 16.0 Å². The molecule has 1 aromatic carbocycles. The molecule has 2 atom stereocenters. The SMILES string of the molecule is CCOC(=O)C1CCC[NH+](CCCc2ccccc2)C1. The number of likely N-dealkylation sites (tertiary alicyclic amines) is 1. The van der Waals surface area contributed by atoms with E-state index in [4.69, 9.17) is 4.74 Å². The zero-order valence-electron chi connectivity index (χ0n) is 12.4. The number of esters is 1. The molecule has 0 saturated carbocycles. The second-order valence-corrected chi connectivity index (χ2v) is 5.63. The van der Waals surface area contributed by atoms with E-state index in [9.17, 15) is 4.79 Å². The van der Waals surface area contributed by atoms with Crippen LogP contribution >= 0.6 is 0 Å². The van der Waals surface area contributed by atoms with Crippen LogP contribution in [0.1, 0.15) is 31.7 Å². The van der Waals surface area contributed by atoms with E-state index in [0.717, 1.165) is 32.4 Å². The van der Waals surface area contributed by atoms with Crippen molar-refractivity contribution in [1.82, 2.24) is 0 Å². The summed E-state index contributed by atoms with van der Waals surface area (Å²) in [5.41, 5.74) is 1.41. The molecule has 0 aromatic heterocycles. The molecule has 0 bridgehead atoms. The summed E-state index contributed by atoms with van der Waals surface area (Å²) in [5, 5.41) is 0. The quantitative estimate of drug-likeness (QED) is 0.798. The minimum atomic E-state index is 0.00718. The summed E-state index contributed by atoms with van der Waals surface area (Å²) in [7, 11) is 0. The molecule has 1 N–H and O–H groups in total. The maximum atomic E-state index is 11.8. The summed E-state index contributed by atoms with van der Waals surface area (Å²) < 4.78 is 5.15. The van der Waals surface area contributed by atoms with Gasteiger partial charge in [-0.25, -0.2) is 0 Å². The minimum absolute atomic E-state index is 0.00718. The molecule has 1 heterocycles. The summed E-state index contributed by atoms with van der Waals surface area (Å²) in [5.74, 6) is 0.128. The molecule has 3 nitrogen and oxygen atoms in total. The van der Waals surface area contributed by atoms with Gasteiger partial charge in [0, 0.05) is 6.42 Å². The van der Waals surface area contributed by atoms with E-state index < -0.39 is 0 Å². The summed E-state index contributed by atoms with van der Waals surface area (Å²) in [4.78, 5) is 13.4. The zero-order valence-corrected chi connectivity index (χ0v) is 12.4. The van der Waals surface area contributed by atoms with Crippen molar-refractivity contribution in [3.63, 3.8) is 0 Å². The maximum absolute atomic E-state index is 11.8. The van der Waals surface area contributed by atoms with Crippen molar-refractivity contribution in [3.8, 4) is 0 Å². The third-order valence-corrected chi connectivity index (χ3v) is 4.08. The number of hydrogen-bond donors (Lipinski definition) is 1. The van der Waals surface area contributed by atoms with Crippen LogP contribution in [0, 0.1) is 5.92 Å². The highest BCUT2D eigenvalue weighted by Crippen LogP contribution is 2.09. The molecule has 0 spiro atoms. The van der Waals surface area contributed by atoms with Gasteiger partial charge in [-0.05, 0) is 31.7 Å². The number of benzene rings is 1. The van der Waals surface area contributed by atoms with Gasteiger partial charge in [0.05, 0.1) is 26.2 Å². The third kappa shape index (κ3) is 4.64. The van der Waals surface area contributed by atoms with E-state index in [1.165, 1.54) is 18.5 Å².